The quantitative estimate of drug-likeness (QED) is 0.735. The van der Waals surface area contributed by atoms with E-state index >= 15 is 0 Å². The number of hydrogen-bond acceptors (Lipinski definition) is 3. The Hall–Kier alpha value is -3.41. The molecule has 0 spiro atoms. The number of aliphatic carboxylic acids is 3. The Kier molecular flexibility index (Phi) is 19.9. The summed E-state index contributed by atoms with van der Waals surface area (Å²) in [5.41, 5.74) is 1.17. The Bertz CT molecular complexity index is 474. The molecule has 23 heavy (non-hydrogen) atoms. The van der Waals surface area contributed by atoms with Gasteiger partial charge < -0.3 is 15.3 Å². The van der Waals surface area contributed by atoms with Gasteiger partial charge in [-0.15, -0.1) is 0 Å². The second-order valence-corrected chi connectivity index (χ2v) is 3.24. The first-order valence-corrected chi connectivity index (χ1v) is 5.98. The molecule has 0 amide bonds. The molecule has 6 nitrogen and oxygen atoms in total. The highest BCUT2D eigenvalue weighted by Crippen LogP contribution is 1.97. The van der Waals surface area contributed by atoms with Gasteiger partial charge in [0, 0.05) is 18.2 Å². The van der Waals surface area contributed by atoms with Crippen molar-refractivity contribution >= 4 is 24.0 Å². The molecule has 6 heteroatoms. The van der Waals surface area contributed by atoms with E-state index in [-0.39, 0.29) is 0 Å². The van der Waals surface area contributed by atoms with Crippen molar-refractivity contribution in [1.82, 2.24) is 0 Å². The van der Waals surface area contributed by atoms with Crippen LogP contribution in [-0.4, -0.2) is 33.2 Å². The predicted molar refractivity (Wildman–Crippen MR) is 90.0 cm³/mol. The minimum absolute atomic E-state index is 0.833. The standard InChI is InChI=1S/C8H8.3C3H4O2/c1-2-8-6-4-3-5-7-8;3*1-2-3(4)5/h2-7H,1H2;3*2H,1H2,(H,4,5). The van der Waals surface area contributed by atoms with Crippen LogP contribution in [0.15, 0.2) is 74.9 Å². The molecule has 0 aliphatic heterocycles. The van der Waals surface area contributed by atoms with Crippen LogP contribution in [0.5, 0.6) is 0 Å². The van der Waals surface area contributed by atoms with Crippen molar-refractivity contribution in [3.63, 3.8) is 0 Å². The summed E-state index contributed by atoms with van der Waals surface area (Å²) in [5, 5.41) is 22.8. The third kappa shape index (κ3) is 32.3. The number of hydrogen-bond donors (Lipinski definition) is 3. The van der Waals surface area contributed by atoms with E-state index in [9.17, 15) is 14.4 Å². The molecule has 1 rings (SSSR count). The Morgan fingerprint density at radius 2 is 0.957 bits per heavy atom. The van der Waals surface area contributed by atoms with Gasteiger partial charge in [-0.2, -0.15) is 0 Å². The molecule has 0 aromatic heterocycles. The molecule has 0 atom stereocenters. The summed E-state index contributed by atoms with van der Waals surface area (Å²) in [4.78, 5) is 27.8. The summed E-state index contributed by atoms with van der Waals surface area (Å²) in [6, 6.07) is 10.0. The summed E-state index contributed by atoms with van der Waals surface area (Å²) in [5.74, 6) is -2.94. The van der Waals surface area contributed by atoms with Crippen LogP contribution in [0.3, 0.4) is 0 Å². The Morgan fingerprint density at radius 1 is 0.696 bits per heavy atom. The van der Waals surface area contributed by atoms with Gasteiger partial charge in [0.05, 0.1) is 0 Å². The molecule has 3 N–H and O–H groups in total. The summed E-state index contributed by atoms with van der Waals surface area (Å²) >= 11 is 0. The fourth-order valence-electron chi connectivity index (χ4n) is 0.589. The molecule has 0 fully saturated rings. The average molecular weight is 320 g/mol. The molecule has 0 radical (unpaired) electrons. The highest BCUT2D eigenvalue weighted by atomic mass is 16.4. The Morgan fingerprint density at radius 3 is 1.09 bits per heavy atom. The van der Waals surface area contributed by atoms with Crippen LogP contribution in [0.4, 0.5) is 0 Å². The topological polar surface area (TPSA) is 112 Å². The molecule has 0 unspecified atom stereocenters. The van der Waals surface area contributed by atoms with Crippen LogP contribution < -0.4 is 0 Å². The van der Waals surface area contributed by atoms with Gasteiger partial charge in [0.2, 0.25) is 0 Å². The second kappa shape index (κ2) is 18.6. The van der Waals surface area contributed by atoms with Gasteiger partial charge in [-0.1, -0.05) is 62.7 Å². The number of rotatable bonds is 4. The van der Waals surface area contributed by atoms with Crippen molar-refractivity contribution in [1.29, 1.82) is 0 Å². The lowest BCUT2D eigenvalue weighted by Crippen LogP contribution is -1.82. The van der Waals surface area contributed by atoms with Crippen molar-refractivity contribution in [2.75, 3.05) is 0 Å². The van der Waals surface area contributed by atoms with Gasteiger partial charge >= 0.3 is 17.9 Å². The van der Waals surface area contributed by atoms with E-state index in [1.54, 1.807) is 0 Å². The van der Waals surface area contributed by atoms with Crippen molar-refractivity contribution < 1.29 is 29.7 Å². The monoisotopic (exact) mass is 320 g/mol. The van der Waals surface area contributed by atoms with Gasteiger partial charge in [0.15, 0.2) is 0 Å². The first-order valence-electron chi connectivity index (χ1n) is 5.98. The fourth-order valence-corrected chi connectivity index (χ4v) is 0.589. The second-order valence-electron chi connectivity index (χ2n) is 3.24. The van der Waals surface area contributed by atoms with E-state index in [0.29, 0.717) is 0 Å². The molecular weight excluding hydrogens is 300 g/mol. The average Bonchev–Trinajstić information content (AvgIpc) is 2.57. The van der Waals surface area contributed by atoms with Gasteiger partial charge in [-0.25, -0.2) is 14.4 Å². The van der Waals surface area contributed by atoms with Crippen molar-refractivity contribution in [3.8, 4) is 0 Å². The van der Waals surface area contributed by atoms with Crippen molar-refractivity contribution in [2.45, 2.75) is 0 Å². The van der Waals surface area contributed by atoms with E-state index in [2.05, 4.69) is 26.3 Å². The van der Waals surface area contributed by atoms with Crippen molar-refractivity contribution in [2.24, 2.45) is 0 Å². The van der Waals surface area contributed by atoms with E-state index < -0.39 is 17.9 Å². The number of carbonyl (C=O) groups is 3. The van der Waals surface area contributed by atoms with Crippen LogP contribution in [0.25, 0.3) is 6.08 Å². The number of benzene rings is 1. The smallest absolute Gasteiger partial charge is 0.327 e. The number of carboxylic acid groups (broad SMARTS) is 3. The maximum atomic E-state index is 9.25. The largest absolute Gasteiger partial charge is 0.478 e. The minimum Gasteiger partial charge on any atom is -0.478 e. The van der Waals surface area contributed by atoms with Crippen LogP contribution in [-0.2, 0) is 14.4 Å². The lowest BCUT2D eigenvalue weighted by atomic mass is 10.2. The summed E-state index contributed by atoms with van der Waals surface area (Å²) in [6.07, 6.45) is 4.33. The minimum atomic E-state index is -0.981. The molecule has 0 saturated heterocycles. The normalized spacial score (nSPS) is 7.13. The lowest BCUT2D eigenvalue weighted by Gasteiger charge is -1.85. The molecule has 1 aromatic carbocycles. The zero-order chi connectivity index (χ0) is 18.7. The fraction of sp³-hybridized carbons (Fsp3) is 0. The molecular formula is C17H20O6. The number of carboxylic acids is 3. The van der Waals surface area contributed by atoms with Crippen LogP contribution >= 0.6 is 0 Å². The Labute approximate surface area is 135 Å². The molecule has 0 saturated carbocycles. The van der Waals surface area contributed by atoms with Gasteiger partial charge in [-0.3, -0.25) is 0 Å². The van der Waals surface area contributed by atoms with E-state index in [4.69, 9.17) is 15.3 Å². The predicted octanol–water partition coefficient (Wildman–Crippen LogP) is 3.10. The zero-order valence-electron chi connectivity index (χ0n) is 12.6. The van der Waals surface area contributed by atoms with Gasteiger partial charge in [-0.05, 0) is 5.56 Å². The molecule has 0 aliphatic rings. The third-order valence-corrected chi connectivity index (χ3v) is 1.56. The zero-order valence-corrected chi connectivity index (χ0v) is 12.6. The van der Waals surface area contributed by atoms with Crippen LogP contribution in [0.2, 0.25) is 0 Å². The van der Waals surface area contributed by atoms with E-state index in [1.165, 1.54) is 5.56 Å². The SMILES string of the molecule is C=CC(=O)O.C=CC(=O)O.C=CC(=O)O.C=Cc1ccccc1. The maximum absolute atomic E-state index is 9.25. The molecule has 0 heterocycles. The third-order valence-electron chi connectivity index (χ3n) is 1.56. The summed E-state index contributed by atoms with van der Waals surface area (Å²) in [6.45, 7) is 12.5. The van der Waals surface area contributed by atoms with E-state index in [1.807, 2.05) is 36.4 Å². The van der Waals surface area contributed by atoms with Crippen LogP contribution in [0, 0.1) is 0 Å². The molecule has 0 bridgehead atoms. The highest BCUT2D eigenvalue weighted by Gasteiger charge is 1.76. The summed E-state index contributed by atoms with van der Waals surface area (Å²) in [7, 11) is 0. The highest BCUT2D eigenvalue weighted by molar-refractivity contribution is 5.79. The first kappa shape index (κ1) is 24.6. The molecule has 1 aromatic rings. The van der Waals surface area contributed by atoms with E-state index in [0.717, 1.165) is 18.2 Å². The van der Waals surface area contributed by atoms with Gasteiger partial charge in [0.1, 0.15) is 0 Å². The molecule has 124 valence electrons. The van der Waals surface area contributed by atoms with Crippen LogP contribution in [0.1, 0.15) is 5.56 Å². The first-order chi connectivity index (χ1) is 10.7. The lowest BCUT2D eigenvalue weighted by molar-refractivity contribution is -0.132. The maximum Gasteiger partial charge on any atom is 0.327 e. The van der Waals surface area contributed by atoms with Crippen molar-refractivity contribution in [3.05, 3.63) is 80.4 Å². The summed E-state index contributed by atoms with van der Waals surface area (Å²) < 4.78 is 0. The molecule has 0 aliphatic carbocycles. The Balaban J connectivity index is -0.000000240. The van der Waals surface area contributed by atoms with Gasteiger partial charge in [0.25, 0.3) is 0 Å².